The molecule has 0 aromatic heterocycles. The number of morpholine rings is 1. The Morgan fingerprint density at radius 2 is 1.93 bits per heavy atom. The Labute approximate surface area is 161 Å². The fourth-order valence-corrected chi connectivity index (χ4v) is 3.85. The molecule has 1 N–H and O–H groups in total. The van der Waals surface area contributed by atoms with Gasteiger partial charge in [-0.15, -0.1) is 0 Å². The van der Waals surface area contributed by atoms with E-state index in [1.807, 2.05) is 0 Å². The number of amides is 1. The summed E-state index contributed by atoms with van der Waals surface area (Å²) in [4.78, 5) is 14.2. The third kappa shape index (κ3) is 7.36. The highest BCUT2D eigenvalue weighted by Crippen LogP contribution is 2.21. The average Bonchev–Trinajstić information content (AvgIpc) is 2.65. The number of sulfonamides is 1. The molecule has 0 spiro atoms. The molecule has 0 radical (unpaired) electrons. The molecule has 1 aromatic rings. The van der Waals surface area contributed by atoms with Crippen molar-refractivity contribution in [2.45, 2.75) is 13.3 Å². The molecule has 1 amide bonds. The molecule has 0 unspecified atom stereocenters. The third-order valence-corrected chi connectivity index (χ3v) is 5.53. The molecule has 27 heavy (non-hydrogen) atoms. The quantitative estimate of drug-likeness (QED) is 0.583. The summed E-state index contributed by atoms with van der Waals surface area (Å²) in [5.74, 6) is 0.346. The lowest BCUT2D eigenvalue weighted by Gasteiger charge is -2.26. The Kier molecular flexibility index (Phi) is 8.33. The molecule has 2 rings (SSSR count). The smallest absolute Gasteiger partial charge is 0.257 e. The van der Waals surface area contributed by atoms with Crippen LogP contribution in [0.2, 0.25) is 0 Å². The number of nitrogens with one attached hydrogen (secondary N) is 1. The minimum Gasteiger partial charge on any atom is -0.484 e. The maximum Gasteiger partial charge on any atom is 0.257 e. The minimum absolute atomic E-state index is 0.0690. The van der Waals surface area contributed by atoms with Crippen LogP contribution >= 0.6 is 0 Å². The normalized spacial score (nSPS) is 15.3. The van der Waals surface area contributed by atoms with Gasteiger partial charge >= 0.3 is 0 Å². The Morgan fingerprint density at radius 1 is 1.26 bits per heavy atom. The van der Waals surface area contributed by atoms with Crippen molar-refractivity contribution in [3.8, 4) is 5.75 Å². The second-order valence-corrected chi connectivity index (χ2v) is 8.27. The molecule has 9 heteroatoms. The van der Waals surface area contributed by atoms with E-state index in [9.17, 15) is 13.2 Å². The first-order valence-electron chi connectivity index (χ1n) is 9.17. The van der Waals surface area contributed by atoms with Gasteiger partial charge in [0.1, 0.15) is 5.75 Å². The van der Waals surface area contributed by atoms with Crippen molar-refractivity contribution >= 4 is 21.6 Å². The number of rotatable bonds is 10. The summed E-state index contributed by atoms with van der Waals surface area (Å²) in [5.41, 5.74) is 0.569. The fourth-order valence-electron chi connectivity index (χ4n) is 2.87. The number of ether oxygens (including phenoxy) is 2. The number of benzene rings is 1. The van der Waals surface area contributed by atoms with Gasteiger partial charge < -0.3 is 14.8 Å². The van der Waals surface area contributed by atoms with Gasteiger partial charge in [-0.25, -0.2) is 8.42 Å². The van der Waals surface area contributed by atoms with Crippen molar-refractivity contribution in [1.29, 1.82) is 0 Å². The number of hydrogen-bond donors (Lipinski definition) is 1. The Morgan fingerprint density at radius 3 is 2.52 bits per heavy atom. The first-order valence-corrected chi connectivity index (χ1v) is 11.0. The first-order chi connectivity index (χ1) is 12.9. The summed E-state index contributed by atoms with van der Waals surface area (Å²) >= 11 is 0. The maximum atomic E-state index is 11.9. The van der Waals surface area contributed by atoms with Crippen molar-refractivity contribution in [2.75, 3.05) is 63.1 Å². The molecule has 8 nitrogen and oxygen atoms in total. The van der Waals surface area contributed by atoms with Gasteiger partial charge in [-0.2, -0.15) is 0 Å². The summed E-state index contributed by atoms with van der Waals surface area (Å²) in [7, 11) is -3.31. The van der Waals surface area contributed by atoms with Crippen LogP contribution in [0.4, 0.5) is 5.69 Å². The topological polar surface area (TPSA) is 88.2 Å². The van der Waals surface area contributed by atoms with Crippen molar-refractivity contribution in [3.63, 3.8) is 0 Å². The molecule has 0 atom stereocenters. The fraction of sp³-hybridized carbons (Fsp3) is 0.611. The zero-order valence-corrected chi connectivity index (χ0v) is 16.8. The van der Waals surface area contributed by atoms with E-state index in [1.165, 1.54) is 10.6 Å². The van der Waals surface area contributed by atoms with E-state index in [0.29, 0.717) is 24.5 Å². The number of carbonyl (C=O) groups is 1. The average molecular weight is 400 g/mol. The van der Waals surface area contributed by atoms with Crippen LogP contribution in [-0.2, 0) is 19.6 Å². The van der Waals surface area contributed by atoms with Crippen molar-refractivity contribution < 1.29 is 22.7 Å². The van der Waals surface area contributed by atoms with E-state index in [2.05, 4.69) is 10.2 Å². The Bertz CT molecular complexity index is 687. The Hall–Kier alpha value is -1.84. The Balaban J connectivity index is 1.68. The highest BCUT2D eigenvalue weighted by molar-refractivity contribution is 7.92. The number of nitrogens with zero attached hydrogens (tertiary/aromatic N) is 2. The molecule has 1 saturated heterocycles. The third-order valence-electron chi connectivity index (χ3n) is 4.26. The van der Waals surface area contributed by atoms with Crippen molar-refractivity contribution in [1.82, 2.24) is 10.2 Å². The van der Waals surface area contributed by atoms with Crippen molar-refractivity contribution in [2.24, 2.45) is 0 Å². The van der Waals surface area contributed by atoms with E-state index >= 15 is 0 Å². The van der Waals surface area contributed by atoms with Gasteiger partial charge in [-0.05, 0) is 44.2 Å². The summed E-state index contributed by atoms with van der Waals surface area (Å²) in [6.45, 7) is 7.06. The first kappa shape index (κ1) is 21.5. The van der Waals surface area contributed by atoms with Crippen LogP contribution in [0.15, 0.2) is 24.3 Å². The lowest BCUT2D eigenvalue weighted by atomic mass is 10.3. The van der Waals surface area contributed by atoms with Crippen molar-refractivity contribution in [3.05, 3.63) is 24.3 Å². The van der Waals surface area contributed by atoms with E-state index in [-0.39, 0.29) is 12.5 Å². The summed E-state index contributed by atoms with van der Waals surface area (Å²) in [5, 5.41) is 2.84. The van der Waals surface area contributed by atoms with Crippen LogP contribution in [0, 0.1) is 0 Å². The molecule has 1 heterocycles. The lowest BCUT2D eigenvalue weighted by molar-refractivity contribution is -0.123. The van der Waals surface area contributed by atoms with Crippen LogP contribution in [0.3, 0.4) is 0 Å². The second-order valence-electron chi connectivity index (χ2n) is 6.37. The molecule has 0 saturated carbocycles. The second kappa shape index (κ2) is 10.5. The zero-order chi connectivity index (χ0) is 19.7. The molecule has 1 aromatic carbocycles. The predicted molar refractivity (Wildman–Crippen MR) is 105 cm³/mol. The van der Waals surface area contributed by atoms with Crippen LogP contribution in [0.5, 0.6) is 5.75 Å². The zero-order valence-electron chi connectivity index (χ0n) is 16.0. The lowest BCUT2D eigenvalue weighted by Crippen LogP contribution is -2.38. The summed E-state index contributed by atoms with van der Waals surface area (Å²) < 4.78 is 35.5. The van der Waals surface area contributed by atoms with E-state index < -0.39 is 10.0 Å². The molecule has 0 bridgehead atoms. The molecule has 1 aliphatic rings. The summed E-state index contributed by atoms with van der Waals surface area (Å²) in [6.07, 6.45) is 2.06. The van der Waals surface area contributed by atoms with Crippen LogP contribution in [0.1, 0.15) is 13.3 Å². The van der Waals surface area contributed by atoms with Gasteiger partial charge in [0.05, 0.1) is 25.2 Å². The molecule has 1 aliphatic heterocycles. The molecule has 0 aliphatic carbocycles. The number of anilines is 1. The van der Waals surface area contributed by atoms with Gasteiger partial charge in [-0.3, -0.25) is 14.0 Å². The number of carbonyl (C=O) groups excluding carboxylic acids is 1. The molecular weight excluding hydrogens is 370 g/mol. The summed E-state index contributed by atoms with van der Waals surface area (Å²) in [6, 6.07) is 6.66. The van der Waals surface area contributed by atoms with Gasteiger partial charge in [0.2, 0.25) is 10.0 Å². The van der Waals surface area contributed by atoms with Gasteiger partial charge in [0.15, 0.2) is 6.61 Å². The van der Waals surface area contributed by atoms with Crippen LogP contribution in [0.25, 0.3) is 0 Å². The van der Waals surface area contributed by atoms with Gasteiger partial charge in [0, 0.05) is 26.2 Å². The standard InChI is InChI=1S/C18H29N3O5S/c1-3-21(27(2,23)24)16-5-7-17(8-6-16)26-15-18(22)19-9-4-10-20-11-13-25-14-12-20/h5-8H,3-4,9-15H2,1-2H3,(H,19,22). The maximum absolute atomic E-state index is 11.9. The molecule has 152 valence electrons. The highest BCUT2D eigenvalue weighted by atomic mass is 32.2. The number of hydrogen-bond acceptors (Lipinski definition) is 6. The minimum atomic E-state index is -3.31. The SMILES string of the molecule is CCN(c1ccc(OCC(=O)NCCCN2CCOCC2)cc1)S(C)(=O)=O. The van der Waals surface area contributed by atoms with E-state index in [0.717, 1.165) is 39.3 Å². The van der Waals surface area contributed by atoms with E-state index in [1.54, 1.807) is 31.2 Å². The molecule has 1 fully saturated rings. The predicted octanol–water partition coefficient (Wildman–Crippen LogP) is 0.690. The highest BCUT2D eigenvalue weighted by Gasteiger charge is 2.15. The van der Waals surface area contributed by atoms with Gasteiger partial charge in [-0.1, -0.05) is 0 Å². The molecular formula is C18H29N3O5S. The monoisotopic (exact) mass is 399 g/mol. The van der Waals surface area contributed by atoms with E-state index in [4.69, 9.17) is 9.47 Å². The van der Waals surface area contributed by atoms with Crippen LogP contribution in [-0.4, -0.2) is 78.0 Å². The van der Waals surface area contributed by atoms with Gasteiger partial charge in [0.25, 0.3) is 5.91 Å². The largest absolute Gasteiger partial charge is 0.484 e. The van der Waals surface area contributed by atoms with Crippen LogP contribution < -0.4 is 14.4 Å².